The molecule has 1 N–H and O–H groups in total. The van der Waals surface area contributed by atoms with E-state index in [1.54, 1.807) is 6.08 Å². The van der Waals surface area contributed by atoms with Crippen molar-refractivity contribution in [3.63, 3.8) is 0 Å². The molecule has 3 heteroatoms. The summed E-state index contributed by atoms with van der Waals surface area (Å²) in [6, 6.07) is 0.921. The highest BCUT2D eigenvalue weighted by Crippen LogP contribution is 2.07. The van der Waals surface area contributed by atoms with Gasteiger partial charge >= 0.3 is 0 Å². The highest BCUT2D eigenvalue weighted by Gasteiger charge is 2.15. The highest BCUT2D eigenvalue weighted by molar-refractivity contribution is 6.69. The van der Waals surface area contributed by atoms with Gasteiger partial charge in [-0.2, -0.15) is 0 Å². The molecule has 2 nitrogen and oxygen atoms in total. The molecule has 0 rings (SSSR count). The Balaban J connectivity index is 3.08. The van der Waals surface area contributed by atoms with E-state index < -0.39 is 8.32 Å². The molecule has 0 aromatic carbocycles. The second kappa shape index (κ2) is 5.52. The molecular weight excluding hydrogens is 156 g/mol. The van der Waals surface area contributed by atoms with E-state index in [0.29, 0.717) is 6.61 Å². The van der Waals surface area contributed by atoms with Crippen molar-refractivity contribution in [2.75, 3.05) is 13.2 Å². The fraction of sp³-hybridized carbons (Fsp3) is 0.750. The summed E-state index contributed by atoms with van der Waals surface area (Å²) in [4.78, 5) is 9.44. The second-order valence-corrected chi connectivity index (χ2v) is 7.40. The summed E-state index contributed by atoms with van der Waals surface area (Å²) in [5.74, 6) is 0. The fourth-order valence-electron chi connectivity index (χ4n) is 0.774. The van der Waals surface area contributed by atoms with Crippen LogP contribution in [0.4, 0.5) is 0 Å². The second-order valence-electron chi connectivity index (χ2n) is 3.28. The van der Waals surface area contributed by atoms with Gasteiger partial charge in [-0.3, -0.25) is 0 Å². The van der Waals surface area contributed by atoms with Crippen LogP contribution in [-0.2, 0) is 4.74 Å². The first kappa shape index (κ1) is 10.9. The minimum absolute atomic E-state index is 0.618. The first-order valence-electron chi connectivity index (χ1n) is 3.97. The van der Waals surface area contributed by atoms with Crippen LogP contribution < -0.4 is 0 Å². The van der Waals surface area contributed by atoms with Crippen LogP contribution in [0.1, 0.15) is 6.42 Å². The molecule has 0 aromatic rings. The first-order chi connectivity index (χ1) is 5.06. The van der Waals surface area contributed by atoms with Crippen molar-refractivity contribution in [2.45, 2.75) is 25.6 Å². The van der Waals surface area contributed by atoms with Crippen LogP contribution in [0.3, 0.4) is 0 Å². The summed E-state index contributed by atoms with van der Waals surface area (Å²) in [6.45, 7) is 8.79. The number of ether oxygens (including phenoxy) is 1. The van der Waals surface area contributed by atoms with Crippen molar-refractivity contribution in [3.05, 3.63) is 12.7 Å². The monoisotopic (exact) mass is 174 g/mol. The summed E-state index contributed by atoms with van der Waals surface area (Å²) in [5, 5.41) is 0. The van der Waals surface area contributed by atoms with Crippen LogP contribution >= 0.6 is 0 Å². The third-order valence-electron chi connectivity index (χ3n) is 1.31. The predicted octanol–water partition coefficient (Wildman–Crippen LogP) is 1.78. The lowest BCUT2D eigenvalue weighted by Crippen LogP contribution is -2.24. The number of hydrogen-bond donors (Lipinski definition) is 1. The van der Waals surface area contributed by atoms with Crippen molar-refractivity contribution >= 4 is 8.32 Å². The third kappa shape index (κ3) is 9.88. The van der Waals surface area contributed by atoms with Crippen LogP contribution in [0.5, 0.6) is 0 Å². The van der Waals surface area contributed by atoms with Gasteiger partial charge in [0.15, 0.2) is 8.32 Å². The van der Waals surface area contributed by atoms with Gasteiger partial charge in [0, 0.05) is 6.61 Å². The van der Waals surface area contributed by atoms with Crippen molar-refractivity contribution in [2.24, 2.45) is 0 Å². The molecule has 0 atom stereocenters. The molecule has 0 aliphatic rings. The van der Waals surface area contributed by atoms with Gasteiger partial charge in [0.1, 0.15) is 0 Å². The van der Waals surface area contributed by atoms with Crippen molar-refractivity contribution < 1.29 is 9.53 Å². The first-order valence-corrected chi connectivity index (χ1v) is 7.13. The maximum absolute atomic E-state index is 9.44. The minimum atomic E-state index is -1.82. The van der Waals surface area contributed by atoms with Crippen molar-refractivity contribution in [3.8, 4) is 0 Å². The molecule has 66 valence electrons. The van der Waals surface area contributed by atoms with Gasteiger partial charge in [-0.1, -0.05) is 6.08 Å². The quantitative estimate of drug-likeness (QED) is 0.378. The Morgan fingerprint density at radius 2 is 2.18 bits per heavy atom. The Hall–Kier alpha value is -0.123. The summed E-state index contributed by atoms with van der Waals surface area (Å²) >= 11 is 0. The topological polar surface area (TPSA) is 29.5 Å². The molecule has 0 radical (unpaired) electrons. The van der Waals surface area contributed by atoms with Gasteiger partial charge in [-0.05, 0) is 25.6 Å². The minimum Gasteiger partial charge on any atom is -0.432 e. The largest absolute Gasteiger partial charge is 0.432 e. The van der Waals surface area contributed by atoms with E-state index in [4.69, 9.17) is 4.74 Å². The Bertz CT molecular complexity index is 107. The van der Waals surface area contributed by atoms with Gasteiger partial charge < -0.3 is 9.53 Å². The molecule has 0 amide bonds. The lowest BCUT2D eigenvalue weighted by atomic mass is 10.5. The standard InChI is InChI=1S/C8H18O2Si/c1-4-6-10-7-5-8-11(2,3)9/h4,9H,1,5-8H2,2-3H3. The lowest BCUT2D eigenvalue weighted by Gasteiger charge is -2.12. The Kier molecular flexibility index (Phi) is 5.46. The predicted molar refractivity (Wildman–Crippen MR) is 50.1 cm³/mol. The van der Waals surface area contributed by atoms with Gasteiger partial charge in [-0.25, -0.2) is 0 Å². The molecule has 0 saturated carbocycles. The van der Waals surface area contributed by atoms with E-state index in [1.807, 2.05) is 13.1 Å². The van der Waals surface area contributed by atoms with E-state index in [-0.39, 0.29) is 0 Å². The zero-order chi connectivity index (χ0) is 8.74. The Morgan fingerprint density at radius 1 is 1.55 bits per heavy atom. The van der Waals surface area contributed by atoms with Crippen LogP contribution in [0, 0.1) is 0 Å². The lowest BCUT2D eigenvalue weighted by molar-refractivity contribution is 0.162. The molecule has 11 heavy (non-hydrogen) atoms. The van der Waals surface area contributed by atoms with E-state index >= 15 is 0 Å². The maximum atomic E-state index is 9.44. The van der Waals surface area contributed by atoms with E-state index in [2.05, 4.69) is 6.58 Å². The summed E-state index contributed by atoms with van der Waals surface area (Å²) in [5.41, 5.74) is 0. The van der Waals surface area contributed by atoms with Crippen molar-refractivity contribution in [1.29, 1.82) is 0 Å². The molecular formula is C8H18O2Si. The summed E-state index contributed by atoms with van der Waals surface area (Å²) < 4.78 is 5.17. The fourth-order valence-corrected chi connectivity index (χ4v) is 1.78. The molecule has 0 aliphatic heterocycles. The average Bonchev–Trinajstić information content (AvgIpc) is 1.85. The van der Waals surface area contributed by atoms with Gasteiger partial charge in [-0.15, -0.1) is 6.58 Å². The van der Waals surface area contributed by atoms with Gasteiger partial charge in [0.2, 0.25) is 0 Å². The van der Waals surface area contributed by atoms with Gasteiger partial charge in [0.05, 0.1) is 6.61 Å². The zero-order valence-electron chi connectivity index (χ0n) is 7.47. The van der Waals surface area contributed by atoms with E-state index in [1.165, 1.54) is 0 Å². The average molecular weight is 174 g/mol. The SMILES string of the molecule is C=CCOCCC[Si](C)(C)O. The molecule has 0 bridgehead atoms. The van der Waals surface area contributed by atoms with E-state index in [9.17, 15) is 4.80 Å². The van der Waals surface area contributed by atoms with Gasteiger partial charge in [0.25, 0.3) is 0 Å². The van der Waals surface area contributed by atoms with Crippen LogP contribution in [-0.4, -0.2) is 26.3 Å². The Morgan fingerprint density at radius 3 is 2.64 bits per heavy atom. The molecule has 0 unspecified atom stereocenters. The van der Waals surface area contributed by atoms with E-state index in [0.717, 1.165) is 19.1 Å². The summed E-state index contributed by atoms with van der Waals surface area (Å²) in [7, 11) is -1.82. The van der Waals surface area contributed by atoms with Crippen LogP contribution in [0.15, 0.2) is 12.7 Å². The van der Waals surface area contributed by atoms with Crippen LogP contribution in [0.2, 0.25) is 19.1 Å². The molecule has 0 heterocycles. The third-order valence-corrected chi connectivity index (χ3v) is 2.89. The maximum Gasteiger partial charge on any atom is 0.182 e. The zero-order valence-corrected chi connectivity index (χ0v) is 8.47. The smallest absolute Gasteiger partial charge is 0.182 e. The van der Waals surface area contributed by atoms with Crippen molar-refractivity contribution in [1.82, 2.24) is 0 Å². The van der Waals surface area contributed by atoms with Crippen LogP contribution in [0.25, 0.3) is 0 Å². The summed E-state index contributed by atoms with van der Waals surface area (Å²) in [6.07, 6.45) is 2.70. The number of hydrogen-bond acceptors (Lipinski definition) is 2. The molecule has 0 saturated heterocycles. The molecule has 0 spiro atoms. The normalized spacial score (nSPS) is 11.5. The highest BCUT2D eigenvalue weighted by atomic mass is 28.4. The number of rotatable bonds is 6. The molecule has 0 fully saturated rings. The Labute approximate surface area is 70.0 Å². The molecule has 0 aliphatic carbocycles. The molecule has 0 aromatic heterocycles.